The molecule has 27 heavy (non-hydrogen) atoms. The van der Waals surface area contributed by atoms with Crippen molar-refractivity contribution in [3.8, 4) is 17.1 Å². The number of benzene rings is 2. The topological polar surface area (TPSA) is 42.7 Å². The van der Waals surface area contributed by atoms with E-state index in [1.165, 1.54) is 43.9 Å². The zero-order valence-corrected chi connectivity index (χ0v) is 15.3. The summed E-state index contributed by atoms with van der Waals surface area (Å²) in [4.78, 5) is 13.7. The Morgan fingerprint density at radius 2 is 1.85 bits per heavy atom. The molecule has 0 N–H and O–H groups in total. The monoisotopic (exact) mass is 367 g/mol. The molecule has 1 aromatic heterocycles. The maximum absolute atomic E-state index is 13.8. The van der Waals surface area contributed by atoms with E-state index in [9.17, 15) is 9.18 Å². The standard InChI is InChI=1S/C22H22FNO3/c1-15(25)26-21-13-19(23)11-18-12-20(27-22(18)21)17-7-5-16(6-8-17)14-24-9-3-2-4-10-24/h5-8,11-13H,2-4,9-10,14H2,1H3. The average molecular weight is 367 g/mol. The molecule has 0 spiro atoms. The number of carbonyl (C=O) groups excluding carboxylic acids is 1. The van der Waals surface area contributed by atoms with Crippen molar-refractivity contribution in [1.29, 1.82) is 0 Å². The van der Waals surface area contributed by atoms with E-state index in [0.717, 1.165) is 25.2 Å². The summed E-state index contributed by atoms with van der Waals surface area (Å²) in [5.41, 5.74) is 2.55. The number of esters is 1. The van der Waals surface area contributed by atoms with Gasteiger partial charge in [0.1, 0.15) is 11.6 Å². The van der Waals surface area contributed by atoms with Crippen LogP contribution in [0.1, 0.15) is 31.7 Å². The molecule has 0 unspecified atom stereocenters. The first-order valence-corrected chi connectivity index (χ1v) is 9.32. The Balaban J connectivity index is 1.59. The number of likely N-dealkylation sites (tertiary alicyclic amines) is 1. The average Bonchev–Trinajstić information content (AvgIpc) is 3.07. The summed E-state index contributed by atoms with van der Waals surface area (Å²) in [6.07, 6.45) is 3.88. The molecule has 5 heteroatoms. The van der Waals surface area contributed by atoms with Crippen molar-refractivity contribution >= 4 is 16.9 Å². The van der Waals surface area contributed by atoms with Gasteiger partial charge >= 0.3 is 5.97 Å². The first-order chi connectivity index (χ1) is 13.1. The number of nitrogens with zero attached hydrogens (tertiary/aromatic N) is 1. The minimum Gasteiger partial charge on any atom is -0.452 e. The van der Waals surface area contributed by atoms with Gasteiger partial charge in [-0.15, -0.1) is 0 Å². The first kappa shape index (κ1) is 17.7. The van der Waals surface area contributed by atoms with Crippen molar-refractivity contribution in [3.63, 3.8) is 0 Å². The fraction of sp³-hybridized carbons (Fsp3) is 0.318. The van der Waals surface area contributed by atoms with Crippen LogP contribution in [0.3, 0.4) is 0 Å². The summed E-state index contributed by atoms with van der Waals surface area (Å²) in [5, 5.41) is 0.568. The van der Waals surface area contributed by atoms with Crippen LogP contribution in [0.5, 0.6) is 5.75 Å². The fourth-order valence-electron chi connectivity index (χ4n) is 3.61. The molecule has 1 aliphatic heterocycles. The van der Waals surface area contributed by atoms with Gasteiger partial charge in [0.2, 0.25) is 0 Å². The molecule has 1 fully saturated rings. The molecular formula is C22H22FNO3. The van der Waals surface area contributed by atoms with Crippen LogP contribution in [-0.2, 0) is 11.3 Å². The van der Waals surface area contributed by atoms with Gasteiger partial charge in [-0.25, -0.2) is 4.39 Å². The molecule has 4 rings (SSSR count). The number of furan rings is 1. The molecule has 4 nitrogen and oxygen atoms in total. The molecule has 0 saturated carbocycles. The number of piperidine rings is 1. The van der Waals surface area contributed by atoms with Gasteiger partial charge in [0.15, 0.2) is 11.3 Å². The van der Waals surface area contributed by atoms with Crippen molar-refractivity contribution in [2.24, 2.45) is 0 Å². The van der Waals surface area contributed by atoms with Gasteiger partial charge < -0.3 is 9.15 Å². The van der Waals surface area contributed by atoms with Gasteiger partial charge in [-0.1, -0.05) is 30.7 Å². The lowest BCUT2D eigenvalue weighted by Gasteiger charge is -2.26. The SMILES string of the molecule is CC(=O)Oc1cc(F)cc2cc(-c3ccc(CN4CCCCC4)cc3)oc12. The number of rotatable bonds is 4. The Bertz CT molecular complexity index is 956. The lowest BCUT2D eigenvalue weighted by molar-refractivity contribution is -0.131. The lowest BCUT2D eigenvalue weighted by atomic mass is 10.1. The zero-order chi connectivity index (χ0) is 18.8. The molecule has 2 heterocycles. The predicted octanol–water partition coefficient (Wildman–Crippen LogP) is 5.15. The van der Waals surface area contributed by atoms with Gasteiger partial charge in [0, 0.05) is 30.5 Å². The second-order valence-electron chi connectivity index (χ2n) is 7.06. The van der Waals surface area contributed by atoms with E-state index in [2.05, 4.69) is 17.0 Å². The maximum Gasteiger partial charge on any atom is 0.308 e. The van der Waals surface area contributed by atoms with E-state index in [-0.39, 0.29) is 5.75 Å². The molecule has 0 atom stereocenters. The number of halogens is 1. The molecule has 3 aromatic rings. The van der Waals surface area contributed by atoms with Crippen molar-refractivity contribution in [2.45, 2.75) is 32.7 Å². The Morgan fingerprint density at radius 1 is 1.11 bits per heavy atom. The normalized spacial score (nSPS) is 15.2. The van der Waals surface area contributed by atoms with E-state index >= 15 is 0 Å². The molecule has 0 bridgehead atoms. The third kappa shape index (κ3) is 4.03. The van der Waals surface area contributed by atoms with E-state index in [1.807, 2.05) is 12.1 Å². The van der Waals surface area contributed by atoms with Gasteiger partial charge in [0.05, 0.1) is 0 Å². The number of hydrogen-bond acceptors (Lipinski definition) is 4. The van der Waals surface area contributed by atoms with Gasteiger partial charge in [-0.05, 0) is 43.6 Å². The Hall–Kier alpha value is -2.66. The highest BCUT2D eigenvalue weighted by Gasteiger charge is 2.15. The fourth-order valence-corrected chi connectivity index (χ4v) is 3.61. The molecule has 1 aliphatic rings. The van der Waals surface area contributed by atoms with Gasteiger partial charge in [-0.2, -0.15) is 0 Å². The van der Waals surface area contributed by atoms with Crippen molar-refractivity contribution < 1.29 is 18.3 Å². The van der Waals surface area contributed by atoms with E-state index in [4.69, 9.17) is 9.15 Å². The number of hydrogen-bond donors (Lipinski definition) is 0. The number of carbonyl (C=O) groups is 1. The molecule has 2 aromatic carbocycles. The highest BCUT2D eigenvalue weighted by Crippen LogP contribution is 2.34. The van der Waals surface area contributed by atoms with Crippen LogP contribution in [0.25, 0.3) is 22.3 Å². The maximum atomic E-state index is 13.8. The summed E-state index contributed by atoms with van der Waals surface area (Å²) >= 11 is 0. The summed E-state index contributed by atoms with van der Waals surface area (Å²) in [6.45, 7) is 4.56. The molecule has 140 valence electrons. The molecule has 0 aliphatic carbocycles. The van der Waals surface area contributed by atoms with Gasteiger partial charge in [0.25, 0.3) is 0 Å². The van der Waals surface area contributed by atoms with Crippen LogP contribution in [-0.4, -0.2) is 24.0 Å². The molecule has 1 saturated heterocycles. The van der Waals surface area contributed by atoms with Crippen LogP contribution >= 0.6 is 0 Å². The minimum atomic E-state index is -0.512. The summed E-state index contributed by atoms with van der Waals surface area (Å²) < 4.78 is 24.8. The lowest BCUT2D eigenvalue weighted by Crippen LogP contribution is -2.28. The third-order valence-corrected chi connectivity index (χ3v) is 4.89. The van der Waals surface area contributed by atoms with E-state index in [0.29, 0.717) is 16.7 Å². The van der Waals surface area contributed by atoms with Crippen LogP contribution < -0.4 is 4.74 Å². The molecule has 0 amide bonds. The highest BCUT2D eigenvalue weighted by atomic mass is 19.1. The smallest absolute Gasteiger partial charge is 0.308 e. The van der Waals surface area contributed by atoms with E-state index < -0.39 is 11.8 Å². The van der Waals surface area contributed by atoms with Crippen molar-refractivity contribution in [3.05, 3.63) is 53.8 Å². The first-order valence-electron chi connectivity index (χ1n) is 9.32. The largest absolute Gasteiger partial charge is 0.452 e. The number of ether oxygens (including phenoxy) is 1. The summed E-state index contributed by atoms with van der Waals surface area (Å²) in [6, 6.07) is 12.5. The molecule has 0 radical (unpaired) electrons. The number of fused-ring (bicyclic) bond motifs is 1. The Morgan fingerprint density at radius 3 is 2.56 bits per heavy atom. The Kier molecular flexibility index (Phi) is 4.94. The van der Waals surface area contributed by atoms with Crippen LogP contribution in [0.2, 0.25) is 0 Å². The van der Waals surface area contributed by atoms with Gasteiger partial charge in [-0.3, -0.25) is 9.69 Å². The molecular weight excluding hydrogens is 345 g/mol. The Labute approximate surface area is 157 Å². The van der Waals surface area contributed by atoms with Crippen molar-refractivity contribution in [1.82, 2.24) is 4.90 Å². The van der Waals surface area contributed by atoms with Crippen molar-refractivity contribution in [2.75, 3.05) is 13.1 Å². The van der Waals surface area contributed by atoms with Crippen LogP contribution in [0.15, 0.2) is 46.9 Å². The quantitative estimate of drug-likeness (QED) is 0.472. The minimum absolute atomic E-state index is 0.102. The van der Waals surface area contributed by atoms with Crippen LogP contribution in [0.4, 0.5) is 4.39 Å². The predicted molar refractivity (Wildman–Crippen MR) is 102 cm³/mol. The second kappa shape index (κ2) is 7.53. The zero-order valence-electron chi connectivity index (χ0n) is 15.3. The van der Waals surface area contributed by atoms with Crippen LogP contribution in [0, 0.1) is 5.82 Å². The third-order valence-electron chi connectivity index (χ3n) is 4.89. The second-order valence-corrected chi connectivity index (χ2v) is 7.06. The summed E-state index contributed by atoms with van der Waals surface area (Å²) in [5.74, 6) is -0.260. The summed E-state index contributed by atoms with van der Waals surface area (Å²) in [7, 11) is 0. The highest BCUT2D eigenvalue weighted by molar-refractivity contribution is 5.89. The van der Waals surface area contributed by atoms with E-state index in [1.54, 1.807) is 6.07 Å².